The summed E-state index contributed by atoms with van der Waals surface area (Å²) in [5, 5.41) is 0. The van der Waals surface area contributed by atoms with Crippen LogP contribution in [-0.2, 0) is 16.0 Å². The van der Waals surface area contributed by atoms with Crippen LogP contribution >= 0.6 is 0 Å². The van der Waals surface area contributed by atoms with Crippen molar-refractivity contribution in [3.8, 4) is 28.7 Å². The van der Waals surface area contributed by atoms with E-state index in [-0.39, 0.29) is 25.1 Å². The van der Waals surface area contributed by atoms with Crippen LogP contribution in [0.1, 0.15) is 15.9 Å². The van der Waals surface area contributed by atoms with E-state index in [0.717, 1.165) is 5.56 Å². The zero-order valence-electron chi connectivity index (χ0n) is 16.9. The predicted octanol–water partition coefficient (Wildman–Crippen LogP) is 2.66. The lowest BCUT2D eigenvalue weighted by atomic mass is 9.84. The molecule has 4 rings (SSSR count). The second-order valence-corrected chi connectivity index (χ2v) is 7.04. The third-order valence-corrected chi connectivity index (χ3v) is 5.33. The van der Waals surface area contributed by atoms with Gasteiger partial charge >= 0.3 is 5.97 Å². The Labute approximate surface area is 173 Å². The first-order valence-electron chi connectivity index (χ1n) is 9.45. The number of carbonyl (C=O) groups is 2. The number of cyclic esters (lactones) is 1. The number of methoxy groups -OCH3 is 3. The van der Waals surface area contributed by atoms with Crippen LogP contribution in [0.5, 0.6) is 28.7 Å². The van der Waals surface area contributed by atoms with E-state index in [4.69, 9.17) is 28.4 Å². The third kappa shape index (κ3) is 3.49. The molecule has 0 saturated carbocycles. The van der Waals surface area contributed by atoms with Crippen LogP contribution in [0.15, 0.2) is 30.3 Å². The van der Waals surface area contributed by atoms with E-state index in [1.54, 1.807) is 12.1 Å². The molecule has 0 spiro atoms. The lowest BCUT2D eigenvalue weighted by Gasteiger charge is -2.17. The highest BCUT2D eigenvalue weighted by Crippen LogP contribution is 2.40. The molecule has 158 valence electrons. The number of Topliss-reactive ketones (excluding diaryl/α,β-unsaturated/α-hetero) is 1. The van der Waals surface area contributed by atoms with Crippen molar-refractivity contribution in [2.45, 2.75) is 6.42 Å². The van der Waals surface area contributed by atoms with Crippen molar-refractivity contribution in [2.24, 2.45) is 11.8 Å². The van der Waals surface area contributed by atoms with Gasteiger partial charge in [0.1, 0.15) is 5.92 Å². The molecule has 0 aliphatic carbocycles. The summed E-state index contributed by atoms with van der Waals surface area (Å²) in [6, 6.07) is 8.69. The van der Waals surface area contributed by atoms with Gasteiger partial charge in [-0.15, -0.1) is 0 Å². The fourth-order valence-electron chi connectivity index (χ4n) is 3.84. The Morgan fingerprint density at radius 3 is 2.33 bits per heavy atom. The molecular formula is C22H22O8. The molecule has 2 aromatic rings. The number of carbonyl (C=O) groups excluding carboxylic acids is 2. The summed E-state index contributed by atoms with van der Waals surface area (Å²) in [7, 11) is 4.42. The molecule has 2 aliphatic rings. The molecule has 2 heterocycles. The molecule has 0 amide bonds. The van der Waals surface area contributed by atoms with E-state index < -0.39 is 11.9 Å². The largest absolute Gasteiger partial charge is 0.493 e. The summed E-state index contributed by atoms with van der Waals surface area (Å²) >= 11 is 0. The lowest BCUT2D eigenvalue weighted by molar-refractivity contribution is -0.140. The highest BCUT2D eigenvalue weighted by Gasteiger charge is 2.43. The number of ketones is 1. The summed E-state index contributed by atoms with van der Waals surface area (Å²) in [4.78, 5) is 25.7. The van der Waals surface area contributed by atoms with E-state index >= 15 is 0 Å². The SMILES string of the molecule is COc1cc(C(=O)[C@H]2C(=O)OC[C@@H]2Cc2ccc3c(c2)OCO3)cc(OC)c1OC. The monoisotopic (exact) mass is 414 g/mol. The average Bonchev–Trinajstić information content (AvgIpc) is 3.38. The topological polar surface area (TPSA) is 89.5 Å². The minimum absolute atomic E-state index is 0.175. The van der Waals surface area contributed by atoms with Crippen LogP contribution < -0.4 is 23.7 Å². The van der Waals surface area contributed by atoms with Gasteiger partial charge in [-0.3, -0.25) is 9.59 Å². The summed E-state index contributed by atoms with van der Waals surface area (Å²) in [6.45, 7) is 0.361. The molecule has 0 radical (unpaired) electrons. The number of esters is 1. The fraction of sp³-hybridized carbons (Fsp3) is 0.364. The zero-order valence-corrected chi connectivity index (χ0v) is 16.9. The first-order valence-corrected chi connectivity index (χ1v) is 9.45. The van der Waals surface area contributed by atoms with Crippen molar-refractivity contribution in [2.75, 3.05) is 34.7 Å². The fourth-order valence-corrected chi connectivity index (χ4v) is 3.84. The maximum atomic E-state index is 13.3. The standard InChI is InChI=1S/C22H22O8/c1-25-17-8-13(9-18(26-2)21(17)27-3)20(23)19-14(10-28-22(19)24)6-12-4-5-15-16(7-12)30-11-29-15/h4-5,7-9,14,19H,6,10-11H2,1-3H3/t14-,19-/m0/s1. The quantitative estimate of drug-likeness (QED) is 0.388. The number of rotatable bonds is 7. The second kappa shape index (κ2) is 8.14. The summed E-state index contributed by atoms with van der Waals surface area (Å²) < 4.78 is 31.9. The summed E-state index contributed by atoms with van der Waals surface area (Å²) in [5.41, 5.74) is 1.23. The second-order valence-electron chi connectivity index (χ2n) is 7.04. The van der Waals surface area contributed by atoms with Gasteiger partial charge < -0.3 is 28.4 Å². The van der Waals surface area contributed by atoms with Crippen LogP contribution in [0, 0.1) is 11.8 Å². The van der Waals surface area contributed by atoms with Gasteiger partial charge in [-0.2, -0.15) is 0 Å². The molecule has 0 unspecified atom stereocenters. The molecule has 30 heavy (non-hydrogen) atoms. The molecule has 2 aliphatic heterocycles. The molecule has 8 nitrogen and oxygen atoms in total. The predicted molar refractivity (Wildman–Crippen MR) is 105 cm³/mol. The maximum Gasteiger partial charge on any atom is 0.317 e. The molecule has 2 aromatic carbocycles. The van der Waals surface area contributed by atoms with Crippen molar-refractivity contribution in [3.63, 3.8) is 0 Å². The lowest BCUT2D eigenvalue weighted by Crippen LogP contribution is -2.27. The van der Waals surface area contributed by atoms with Crippen LogP contribution in [0.25, 0.3) is 0 Å². The average molecular weight is 414 g/mol. The molecule has 0 bridgehead atoms. The Hall–Kier alpha value is -3.42. The van der Waals surface area contributed by atoms with Crippen molar-refractivity contribution >= 4 is 11.8 Å². The Bertz CT molecular complexity index is 958. The molecule has 0 aromatic heterocycles. The van der Waals surface area contributed by atoms with E-state index in [2.05, 4.69) is 0 Å². The molecule has 1 fully saturated rings. The van der Waals surface area contributed by atoms with E-state index in [1.807, 2.05) is 18.2 Å². The van der Waals surface area contributed by atoms with Gasteiger partial charge in [0.2, 0.25) is 12.5 Å². The number of fused-ring (bicyclic) bond motifs is 1. The molecule has 1 saturated heterocycles. The summed E-state index contributed by atoms with van der Waals surface area (Å²) in [6.07, 6.45) is 0.489. The first-order chi connectivity index (χ1) is 14.5. The highest BCUT2D eigenvalue weighted by molar-refractivity contribution is 6.10. The molecular weight excluding hydrogens is 392 g/mol. The van der Waals surface area contributed by atoms with Crippen molar-refractivity contribution in [1.29, 1.82) is 0 Å². The van der Waals surface area contributed by atoms with Gasteiger partial charge in [0, 0.05) is 11.5 Å². The maximum absolute atomic E-state index is 13.3. The molecule has 0 N–H and O–H groups in total. The smallest absolute Gasteiger partial charge is 0.317 e. The van der Waals surface area contributed by atoms with Gasteiger partial charge in [-0.25, -0.2) is 0 Å². The van der Waals surface area contributed by atoms with Crippen LogP contribution in [-0.4, -0.2) is 46.5 Å². The number of hydrogen-bond acceptors (Lipinski definition) is 8. The van der Waals surface area contributed by atoms with Gasteiger partial charge in [-0.05, 0) is 36.2 Å². The molecule has 2 atom stereocenters. The highest BCUT2D eigenvalue weighted by atomic mass is 16.7. The minimum Gasteiger partial charge on any atom is -0.493 e. The summed E-state index contributed by atoms with van der Waals surface area (Å²) in [5.74, 6) is 0.317. The Kier molecular flexibility index (Phi) is 5.39. The van der Waals surface area contributed by atoms with Crippen LogP contribution in [0.4, 0.5) is 0 Å². The molecule has 8 heteroatoms. The van der Waals surface area contributed by atoms with E-state index in [0.29, 0.717) is 40.7 Å². The minimum atomic E-state index is -0.918. The van der Waals surface area contributed by atoms with Gasteiger partial charge in [0.25, 0.3) is 0 Å². The number of benzene rings is 2. The number of ether oxygens (including phenoxy) is 6. The van der Waals surface area contributed by atoms with Gasteiger partial charge in [0.15, 0.2) is 28.8 Å². The Morgan fingerprint density at radius 1 is 0.967 bits per heavy atom. The van der Waals surface area contributed by atoms with Gasteiger partial charge in [0.05, 0.1) is 27.9 Å². The number of hydrogen-bond donors (Lipinski definition) is 0. The Balaban J connectivity index is 1.61. The van der Waals surface area contributed by atoms with Crippen molar-refractivity contribution in [3.05, 3.63) is 41.5 Å². The normalized spacial score (nSPS) is 19.4. The van der Waals surface area contributed by atoms with Gasteiger partial charge in [-0.1, -0.05) is 6.07 Å². The van der Waals surface area contributed by atoms with E-state index in [9.17, 15) is 9.59 Å². The zero-order chi connectivity index (χ0) is 21.3. The van der Waals surface area contributed by atoms with Crippen LogP contribution in [0.3, 0.4) is 0 Å². The van der Waals surface area contributed by atoms with Crippen LogP contribution in [0.2, 0.25) is 0 Å². The first kappa shape index (κ1) is 19.9. The third-order valence-electron chi connectivity index (χ3n) is 5.33. The van der Waals surface area contributed by atoms with Crippen molar-refractivity contribution in [1.82, 2.24) is 0 Å². The van der Waals surface area contributed by atoms with Crippen molar-refractivity contribution < 1.29 is 38.0 Å². The van der Waals surface area contributed by atoms with E-state index in [1.165, 1.54) is 21.3 Å². The Morgan fingerprint density at radius 2 is 1.67 bits per heavy atom.